The van der Waals surface area contributed by atoms with E-state index in [9.17, 15) is 35.1 Å². The highest BCUT2D eigenvalue weighted by Crippen LogP contribution is 2.36. The number of sulfone groups is 1. The number of nitrogens with one attached hydrogen (secondary N) is 1. The summed E-state index contributed by atoms with van der Waals surface area (Å²) in [6, 6.07) is 7.26. The average molecular weight is 434 g/mol. The number of benzene rings is 2. The van der Waals surface area contributed by atoms with Gasteiger partial charge in [-0.15, -0.1) is 0 Å². The van der Waals surface area contributed by atoms with Gasteiger partial charge in [-0.25, -0.2) is 21.6 Å². The van der Waals surface area contributed by atoms with E-state index in [-0.39, 0.29) is 17.1 Å². The number of hydrogen-bond acceptors (Lipinski definition) is 6. The zero-order valence-corrected chi connectivity index (χ0v) is 15.6. The van der Waals surface area contributed by atoms with Crippen LogP contribution in [0, 0.1) is 11.3 Å². The van der Waals surface area contributed by atoms with Crippen LogP contribution in [0.5, 0.6) is 5.75 Å². The molecule has 2 aromatic rings. The summed E-state index contributed by atoms with van der Waals surface area (Å²) in [6.45, 7) is -0.439. The third-order valence-corrected chi connectivity index (χ3v) is 6.80. The Labute approximate surface area is 159 Å². The third-order valence-electron chi connectivity index (χ3n) is 3.53. The van der Waals surface area contributed by atoms with Gasteiger partial charge in [0.2, 0.25) is 19.9 Å². The third kappa shape index (κ3) is 4.61. The molecule has 0 fully saturated rings. The maximum absolute atomic E-state index is 13.2. The minimum atomic E-state index is -5.06. The summed E-state index contributed by atoms with van der Waals surface area (Å²) in [5.74, 6) is -0.226. The lowest BCUT2D eigenvalue weighted by Crippen LogP contribution is -2.27. The fourth-order valence-electron chi connectivity index (χ4n) is 2.21. The van der Waals surface area contributed by atoms with E-state index in [0.717, 1.165) is 24.3 Å². The van der Waals surface area contributed by atoms with Crippen molar-refractivity contribution < 1.29 is 35.1 Å². The molecule has 0 radical (unpaired) electrons. The number of aromatic hydroxyl groups is 1. The Bertz CT molecular complexity index is 1120. The molecule has 150 valence electrons. The van der Waals surface area contributed by atoms with Crippen LogP contribution in [0.15, 0.2) is 57.2 Å². The summed E-state index contributed by atoms with van der Waals surface area (Å²) in [7, 11) is -9.09. The van der Waals surface area contributed by atoms with Crippen LogP contribution >= 0.6 is 0 Å². The molecule has 0 saturated heterocycles. The van der Waals surface area contributed by atoms with Crippen LogP contribution in [-0.2, 0) is 26.0 Å². The summed E-state index contributed by atoms with van der Waals surface area (Å²) >= 11 is 0. The molecule has 0 aliphatic heterocycles. The van der Waals surface area contributed by atoms with Crippen LogP contribution in [0.2, 0.25) is 0 Å². The molecule has 2 aromatic carbocycles. The van der Waals surface area contributed by atoms with Crippen molar-refractivity contribution in [2.75, 3.05) is 6.54 Å². The molecule has 0 spiro atoms. The van der Waals surface area contributed by atoms with E-state index in [4.69, 9.17) is 5.26 Å². The summed E-state index contributed by atoms with van der Waals surface area (Å²) in [5, 5.41) is 17.7. The maximum Gasteiger partial charge on any atom is 0.417 e. The molecule has 0 bridgehead atoms. The molecule has 2 rings (SSSR count). The molecule has 0 atom stereocenters. The van der Waals surface area contributed by atoms with Gasteiger partial charge in [-0.2, -0.15) is 18.4 Å². The normalized spacial score (nSPS) is 12.5. The standard InChI is InChI=1S/C16H13F3N2O5S2/c17-16(18,19)14-7-6-13(10-15(14)28(25,26)21-9-1-8-20)27(23,24)12-4-2-11(22)3-5-12/h2-7,10,21-22H,1,9H2. The quantitative estimate of drug-likeness (QED) is 0.673. The lowest BCUT2D eigenvalue weighted by atomic mass is 10.2. The van der Waals surface area contributed by atoms with Gasteiger partial charge in [-0.3, -0.25) is 0 Å². The highest BCUT2D eigenvalue weighted by Gasteiger charge is 2.38. The van der Waals surface area contributed by atoms with Gasteiger partial charge in [0.05, 0.1) is 26.3 Å². The van der Waals surface area contributed by atoms with Crippen molar-refractivity contribution in [2.24, 2.45) is 0 Å². The monoisotopic (exact) mass is 434 g/mol. The fraction of sp³-hybridized carbons (Fsp3) is 0.188. The van der Waals surface area contributed by atoms with Gasteiger partial charge in [-0.05, 0) is 42.5 Å². The summed E-state index contributed by atoms with van der Waals surface area (Å²) < 4.78 is 91.4. The first-order valence-corrected chi connectivity index (χ1v) is 10.5. The molecule has 0 heterocycles. The Morgan fingerprint density at radius 3 is 2.11 bits per heavy atom. The smallest absolute Gasteiger partial charge is 0.417 e. The van der Waals surface area contributed by atoms with E-state index in [1.54, 1.807) is 6.07 Å². The molecule has 0 aliphatic rings. The predicted molar refractivity (Wildman–Crippen MR) is 90.4 cm³/mol. The number of phenols is 1. The maximum atomic E-state index is 13.2. The summed E-state index contributed by atoms with van der Waals surface area (Å²) in [4.78, 5) is -2.28. The molecule has 0 saturated carbocycles. The van der Waals surface area contributed by atoms with Crippen LogP contribution in [-0.4, -0.2) is 28.5 Å². The minimum absolute atomic E-state index is 0.226. The zero-order valence-electron chi connectivity index (χ0n) is 13.9. The van der Waals surface area contributed by atoms with Crippen molar-refractivity contribution in [1.82, 2.24) is 4.72 Å². The second kappa shape index (κ2) is 7.78. The number of halogens is 3. The van der Waals surface area contributed by atoms with Crippen molar-refractivity contribution in [3.05, 3.63) is 48.0 Å². The van der Waals surface area contributed by atoms with Gasteiger partial charge in [0, 0.05) is 13.0 Å². The topological polar surface area (TPSA) is 124 Å². The van der Waals surface area contributed by atoms with Crippen LogP contribution in [0.1, 0.15) is 12.0 Å². The SMILES string of the molecule is N#CCCNS(=O)(=O)c1cc(S(=O)(=O)c2ccc(O)cc2)ccc1C(F)(F)F. The highest BCUT2D eigenvalue weighted by atomic mass is 32.2. The van der Waals surface area contributed by atoms with Crippen molar-refractivity contribution in [3.63, 3.8) is 0 Å². The van der Waals surface area contributed by atoms with Crippen molar-refractivity contribution >= 4 is 19.9 Å². The molecule has 2 N–H and O–H groups in total. The first-order chi connectivity index (χ1) is 12.9. The van der Waals surface area contributed by atoms with Gasteiger partial charge in [0.25, 0.3) is 0 Å². The van der Waals surface area contributed by atoms with Crippen LogP contribution in [0.25, 0.3) is 0 Å². The zero-order chi connectivity index (χ0) is 21.2. The second-order valence-electron chi connectivity index (χ2n) is 5.46. The number of sulfonamides is 1. The highest BCUT2D eigenvalue weighted by molar-refractivity contribution is 7.91. The molecule has 7 nitrogen and oxygen atoms in total. The number of rotatable bonds is 6. The molecule has 12 heteroatoms. The van der Waals surface area contributed by atoms with Crippen molar-refractivity contribution in [1.29, 1.82) is 5.26 Å². The Hall–Kier alpha value is -2.62. The molecule has 0 aliphatic carbocycles. The average Bonchev–Trinajstić information content (AvgIpc) is 2.61. The number of nitrogens with zero attached hydrogens (tertiary/aromatic N) is 1. The fourth-order valence-corrected chi connectivity index (χ4v) is 4.85. The van der Waals surface area contributed by atoms with E-state index in [1.165, 1.54) is 0 Å². The largest absolute Gasteiger partial charge is 0.508 e. The van der Waals surface area contributed by atoms with E-state index < -0.39 is 47.9 Å². The first kappa shape index (κ1) is 21.7. The van der Waals surface area contributed by atoms with Crippen LogP contribution in [0.3, 0.4) is 0 Å². The van der Waals surface area contributed by atoms with Crippen LogP contribution < -0.4 is 4.72 Å². The molecular formula is C16H13F3N2O5S2. The minimum Gasteiger partial charge on any atom is -0.508 e. The molecular weight excluding hydrogens is 421 g/mol. The van der Waals surface area contributed by atoms with E-state index in [1.807, 2.05) is 4.72 Å². The summed E-state index contributed by atoms with van der Waals surface area (Å²) in [5.41, 5.74) is -1.54. The number of phenolic OH excluding ortho intramolecular Hbond substituents is 1. The molecule has 0 unspecified atom stereocenters. The Balaban J connectivity index is 2.64. The Morgan fingerprint density at radius 1 is 1.00 bits per heavy atom. The van der Waals surface area contributed by atoms with Crippen molar-refractivity contribution in [3.8, 4) is 11.8 Å². The van der Waals surface area contributed by atoms with E-state index in [2.05, 4.69) is 0 Å². The lowest BCUT2D eigenvalue weighted by Gasteiger charge is -2.15. The van der Waals surface area contributed by atoms with E-state index >= 15 is 0 Å². The van der Waals surface area contributed by atoms with Crippen LogP contribution in [0.4, 0.5) is 13.2 Å². The number of alkyl halides is 3. The Morgan fingerprint density at radius 2 is 1.57 bits per heavy atom. The number of nitriles is 1. The predicted octanol–water partition coefficient (Wildman–Crippen LogP) is 2.44. The van der Waals surface area contributed by atoms with Gasteiger partial charge in [0.15, 0.2) is 0 Å². The van der Waals surface area contributed by atoms with E-state index in [0.29, 0.717) is 18.2 Å². The second-order valence-corrected chi connectivity index (χ2v) is 9.14. The molecule has 28 heavy (non-hydrogen) atoms. The number of hydrogen-bond donors (Lipinski definition) is 2. The Kier molecular flexibility index (Phi) is 6.03. The molecule has 0 amide bonds. The summed E-state index contributed by atoms with van der Waals surface area (Å²) in [6.07, 6.45) is -5.34. The van der Waals surface area contributed by atoms with Gasteiger partial charge >= 0.3 is 6.18 Å². The van der Waals surface area contributed by atoms with Crippen molar-refractivity contribution in [2.45, 2.75) is 27.3 Å². The first-order valence-electron chi connectivity index (χ1n) is 7.51. The lowest BCUT2D eigenvalue weighted by molar-refractivity contribution is -0.139. The van der Waals surface area contributed by atoms with Gasteiger partial charge in [0.1, 0.15) is 5.75 Å². The van der Waals surface area contributed by atoms with Gasteiger partial charge in [-0.1, -0.05) is 0 Å². The molecule has 0 aromatic heterocycles. The van der Waals surface area contributed by atoms with Gasteiger partial charge < -0.3 is 5.11 Å².